The molecule has 140 valence electrons. The predicted octanol–water partition coefficient (Wildman–Crippen LogP) is 7.29. The molecule has 0 radical (unpaired) electrons. The van der Waals surface area contributed by atoms with Gasteiger partial charge >= 0.3 is 0 Å². The molecule has 0 heterocycles. The summed E-state index contributed by atoms with van der Waals surface area (Å²) in [6.45, 7) is 17.5. The molecule has 0 saturated heterocycles. The maximum atomic E-state index is 2.59. The van der Waals surface area contributed by atoms with Crippen molar-refractivity contribution in [3.05, 3.63) is 0 Å². The standard InChI is InChI=1S/C24H44/c1-8-19-10-14(3)21(19)13-17(6)24-18(7)23(24)12-16(5)22-11-15(4)20(22)9-2/h14-24H,8-13H2,1-7H3. The van der Waals surface area contributed by atoms with E-state index in [-0.39, 0.29) is 0 Å². The Morgan fingerprint density at radius 2 is 1.38 bits per heavy atom. The van der Waals surface area contributed by atoms with Crippen molar-refractivity contribution in [1.29, 1.82) is 0 Å². The van der Waals surface area contributed by atoms with Gasteiger partial charge in [-0.05, 0) is 90.8 Å². The Kier molecular flexibility index (Phi) is 5.73. The van der Waals surface area contributed by atoms with Crippen molar-refractivity contribution in [2.75, 3.05) is 0 Å². The molecule has 0 bridgehead atoms. The summed E-state index contributed by atoms with van der Waals surface area (Å²) in [5.41, 5.74) is 0. The van der Waals surface area contributed by atoms with Gasteiger partial charge in [0.2, 0.25) is 0 Å². The van der Waals surface area contributed by atoms with E-state index in [0.717, 1.165) is 65.1 Å². The van der Waals surface area contributed by atoms with Gasteiger partial charge in [0.1, 0.15) is 0 Å². The average Bonchev–Trinajstić information content (AvgIpc) is 3.16. The van der Waals surface area contributed by atoms with E-state index in [1.807, 2.05) is 0 Å². The van der Waals surface area contributed by atoms with Crippen LogP contribution in [0.4, 0.5) is 0 Å². The van der Waals surface area contributed by atoms with Gasteiger partial charge in [0.15, 0.2) is 0 Å². The Balaban J connectivity index is 1.47. The van der Waals surface area contributed by atoms with Gasteiger partial charge in [-0.3, -0.25) is 0 Å². The van der Waals surface area contributed by atoms with Gasteiger partial charge in [0, 0.05) is 0 Å². The van der Waals surface area contributed by atoms with E-state index in [4.69, 9.17) is 0 Å². The van der Waals surface area contributed by atoms with E-state index in [2.05, 4.69) is 48.5 Å². The number of hydrogen-bond donors (Lipinski definition) is 0. The molecule has 0 N–H and O–H groups in total. The summed E-state index contributed by atoms with van der Waals surface area (Å²) in [6.07, 6.45) is 8.90. The van der Waals surface area contributed by atoms with Crippen LogP contribution in [0.1, 0.15) is 87.0 Å². The molecule has 3 fully saturated rings. The molecule has 11 atom stereocenters. The van der Waals surface area contributed by atoms with Gasteiger partial charge in [0.25, 0.3) is 0 Å². The van der Waals surface area contributed by atoms with Crippen molar-refractivity contribution < 1.29 is 0 Å². The van der Waals surface area contributed by atoms with Crippen LogP contribution in [0.5, 0.6) is 0 Å². The molecule has 3 aliphatic rings. The molecule has 0 aromatic rings. The molecule has 0 aromatic heterocycles. The van der Waals surface area contributed by atoms with Gasteiger partial charge in [0.05, 0.1) is 0 Å². The van der Waals surface area contributed by atoms with E-state index in [1.165, 1.54) is 38.5 Å². The first kappa shape index (κ1) is 18.8. The molecule has 24 heavy (non-hydrogen) atoms. The van der Waals surface area contributed by atoms with E-state index >= 15 is 0 Å². The second kappa shape index (κ2) is 7.32. The van der Waals surface area contributed by atoms with E-state index in [9.17, 15) is 0 Å². The first-order chi connectivity index (χ1) is 11.4. The topological polar surface area (TPSA) is 0 Å². The summed E-state index contributed by atoms with van der Waals surface area (Å²) in [5.74, 6) is 11.2. The highest BCUT2D eigenvalue weighted by Crippen LogP contribution is 2.59. The van der Waals surface area contributed by atoms with Crippen molar-refractivity contribution in [3.63, 3.8) is 0 Å². The Hall–Kier alpha value is 0. The van der Waals surface area contributed by atoms with Crippen LogP contribution in [-0.4, -0.2) is 0 Å². The third-order valence-electron chi connectivity index (χ3n) is 9.24. The average molecular weight is 333 g/mol. The van der Waals surface area contributed by atoms with Crippen LogP contribution < -0.4 is 0 Å². The van der Waals surface area contributed by atoms with Gasteiger partial charge in [-0.25, -0.2) is 0 Å². The molecule has 0 aromatic carbocycles. The van der Waals surface area contributed by atoms with Crippen LogP contribution in [0.25, 0.3) is 0 Å². The van der Waals surface area contributed by atoms with Crippen LogP contribution >= 0.6 is 0 Å². The lowest BCUT2D eigenvalue weighted by atomic mass is 9.59. The highest BCUT2D eigenvalue weighted by Gasteiger charge is 2.52. The Morgan fingerprint density at radius 1 is 0.750 bits per heavy atom. The Labute approximate surface area is 152 Å². The Bertz CT molecular complexity index is 412. The maximum Gasteiger partial charge on any atom is -0.0329 e. The molecular formula is C24H44. The zero-order chi connectivity index (χ0) is 17.6. The second-order valence-corrected chi connectivity index (χ2v) is 10.5. The quantitative estimate of drug-likeness (QED) is 0.438. The van der Waals surface area contributed by atoms with Crippen LogP contribution in [0, 0.1) is 65.1 Å². The molecule has 3 saturated carbocycles. The van der Waals surface area contributed by atoms with Crippen LogP contribution in [-0.2, 0) is 0 Å². The van der Waals surface area contributed by atoms with Crippen LogP contribution in [0.15, 0.2) is 0 Å². The van der Waals surface area contributed by atoms with Gasteiger partial charge in [-0.15, -0.1) is 0 Å². The van der Waals surface area contributed by atoms with Crippen molar-refractivity contribution in [2.45, 2.75) is 87.0 Å². The first-order valence-electron chi connectivity index (χ1n) is 11.4. The second-order valence-electron chi connectivity index (χ2n) is 10.5. The first-order valence-corrected chi connectivity index (χ1v) is 11.4. The summed E-state index contributed by atoms with van der Waals surface area (Å²) in [7, 11) is 0. The van der Waals surface area contributed by atoms with E-state index in [0.29, 0.717) is 0 Å². The fourth-order valence-electron chi connectivity index (χ4n) is 7.44. The third-order valence-corrected chi connectivity index (χ3v) is 9.24. The van der Waals surface area contributed by atoms with Crippen molar-refractivity contribution in [3.8, 4) is 0 Å². The molecule has 11 unspecified atom stereocenters. The van der Waals surface area contributed by atoms with Crippen LogP contribution in [0.3, 0.4) is 0 Å². The van der Waals surface area contributed by atoms with E-state index in [1.54, 1.807) is 0 Å². The molecule has 0 nitrogen and oxygen atoms in total. The van der Waals surface area contributed by atoms with E-state index < -0.39 is 0 Å². The molecule has 0 amide bonds. The molecule has 0 heteroatoms. The van der Waals surface area contributed by atoms with Crippen LogP contribution in [0.2, 0.25) is 0 Å². The highest BCUT2D eigenvalue weighted by atomic mass is 14.6. The lowest BCUT2D eigenvalue weighted by Crippen LogP contribution is -2.38. The number of rotatable bonds is 8. The lowest BCUT2D eigenvalue weighted by molar-refractivity contribution is 0.0302. The SMILES string of the molecule is CCC1CC(C)C1CC(C)C1C(C)C1CC(C)C1CC(C)C1CC. The zero-order valence-corrected chi connectivity index (χ0v) is 17.6. The fraction of sp³-hybridized carbons (Fsp3) is 1.00. The molecular weight excluding hydrogens is 288 g/mol. The highest BCUT2D eigenvalue weighted by molar-refractivity contribution is 5.01. The summed E-state index contributed by atoms with van der Waals surface area (Å²) in [4.78, 5) is 0. The molecule has 3 rings (SSSR count). The molecule has 3 aliphatic carbocycles. The minimum Gasteiger partial charge on any atom is -0.0651 e. The fourth-order valence-corrected chi connectivity index (χ4v) is 7.44. The minimum atomic E-state index is 0.973. The van der Waals surface area contributed by atoms with Crippen molar-refractivity contribution >= 4 is 0 Å². The summed E-state index contributed by atoms with van der Waals surface area (Å²) >= 11 is 0. The summed E-state index contributed by atoms with van der Waals surface area (Å²) < 4.78 is 0. The monoisotopic (exact) mass is 332 g/mol. The van der Waals surface area contributed by atoms with Gasteiger partial charge in [-0.2, -0.15) is 0 Å². The van der Waals surface area contributed by atoms with Crippen molar-refractivity contribution in [1.82, 2.24) is 0 Å². The molecule has 0 aliphatic heterocycles. The largest absolute Gasteiger partial charge is 0.0651 e. The predicted molar refractivity (Wildman–Crippen MR) is 106 cm³/mol. The zero-order valence-electron chi connectivity index (χ0n) is 17.6. The normalized spacial score (nSPS) is 49.9. The summed E-state index contributed by atoms with van der Waals surface area (Å²) in [5, 5.41) is 0. The van der Waals surface area contributed by atoms with Gasteiger partial charge < -0.3 is 0 Å². The molecule has 0 spiro atoms. The summed E-state index contributed by atoms with van der Waals surface area (Å²) in [6, 6.07) is 0. The third kappa shape index (κ3) is 3.33. The van der Waals surface area contributed by atoms with Crippen molar-refractivity contribution in [2.24, 2.45) is 65.1 Å². The lowest BCUT2D eigenvalue weighted by Gasteiger charge is -2.46. The Morgan fingerprint density at radius 3 is 1.92 bits per heavy atom. The maximum absolute atomic E-state index is 2.59. The van der Waals surface area contributed by atoms with Gasteiger partial charge in [-0.1, -0.05) is 61.3 Å². The minimum absolute atomic E-state index is 0.973. The number of hydrogen-bond acceptors (Lipinski definition) is 0. The smallest absolute Gasteiger partial charge is 0.0329 e.